The molecule has 106 valence electrons. The van der Waals surface area contributed by atoms with Gasteiger partial charge in [0.25, 0.3) is 0 Å². The second-order valence-corrected chi connectivity index (χ2v) is 8.62. The number of likely N-dealkylation sites (tertiary alicyclic amines) is 1. The van der Waals surface area contributed by atoms with Gasteiger partial charge in [-0.05, 0) is 31.7 Å². The SMILES string of the molecule is CO[Si](OC)(OC)C1CCN1CC1CCCCC1. The van der Waals surface area contributed by atoms with E-state index in [1.54, 1.807) is 21.3 Å². The first-order valence-electron chi connectivity index (χ1n) is 7.15. The molecule has 4 nitrogen and oxygen atoms in total. The molecule has 18 heavy (non-hydrogen) atoms. The highest BCUT2D eigenvalue weighted by Crippen LogP contribution is 2.32. The molecule has 0 bridgehead atoms. The van der Waals surface area contributed by atoms with E-state index in [9.17, 15) is 0 Å². The molecule has 1 heterocycles. The van der Waals surface area contributed by atoms with Gasteiger partial charge in [0, 0.05) is 27.9 Å². The molecule has 1 saturated carbocycles. The van der Waals surface area contributed by atoms with Crippen LogP contribution in [0.2, 0.25) is 0 Å². The average Bonchev–Trinajstić information content (AvgIpc) is 2.42. The lowest BCUT2D eigenvalue weighted by atomic mass is 9.88. The zero-order valence-corrected chi connectivity index (χ0v) is 13.0. The summed E-state index contributed by atoms with van der Waals surface area (Å²) in [6.07, 6.45) is 8.17. The molecule has 1 atom stereocenters. The van der Waals surface area contributed by atoms with E-state index >= 15 is 0 Å². The third-order valence-corrected chi connectivity index (χ3v) is 7.79. The first-order chi connectivity index (χ1) is 8.75. The van der Waals surface area contributed by atoms with Gasteiger partial charge in [-0.2, -0.15) is 0 Å². The highest BCUT2D eigenvalue weighted by atomic mass is 28.4. The van der Waals surface area contributed by atoms with Crippen LogP contribution in [0.15, 0.2) is 0 Å². The van der Waals surface area contributed by atoms with Crippen LogP contribution in [0.25, 0.3) is 0 Å². The molecular formula is C13H27NO3Si. The van der Waals surface area contributed by atoms with Gasteiger partial charge in [-0.3, -0.25) is 4.90 Å². The summed E-state index contributed by atoms with van der Waals surface area (Å²) in [5, 5.41) is 0. The maximum absolute atomic E-state index is 5.61. The Bertz CT molecular complexity index is 246. The summed E-state index contributed by atoms with van der Waals surface area (Å²) in [5.41, 5.74) is 0.374. The fraction of sp³-hybridized carbons (Fsp3) is 1.00. The van der Waals surface area contributed by atoms with E-state index in [0.717, 1.165) is 12.3 Å². The lowest BCUT2D eigenvalue weighted by Gasteiger charge is -2.48. The van der Waals surface area contributed by atoms with Crippen LogP contribution in [0.3, 0.4) is 0 Å². The molecule has 1 aliphatic heterocycles. The Morgan fingerprint density at radius 3 is 2.00 bits per heavy atom. The molecule has 0 N–H and O–H groups in total. The molecule has 0 spiro atoms. The minimum Gasteiger partial charge on any atom is -0.376 e. The van der Waals surface area contributed by atoms with Crippen LogP contribution in [-0.2, 0) is 13.3 Å². The molecule has 0 aromatic carbocycles. The van der Waals surface area contributed by atoms with Crippen molar-refractivity contribution in [2.45, 2.75) is 44.2 Å². The topological polar surface area (TPSA) is 30.9 Å². The summed E-state index contributed by atoms with van der Waals surface area (Å²) in [6, 6.07) is 0. The Morgan fingerprint density at radius 1 is 0.944 bits per heavy atom. The summed E-state index contributed by atoms with van der Waals surface area (Å²) in [4.78, 5) is 2.53. The average molecular weight is 273 g/mol. The number of hydrogen-bond donors (Lipinski definition) is 0. The van der Waals surface area contributed by atoms with Crippen LogP contribution in [0, 0.1) is 5.92 Å². The van der Waals surface area contributed by atoms with E-state index in [0.29, 0.717) is 5.67 Å². The van der Waals surface area contributed by atoms with Crippen LogP contribution in [0.5, 0.6) is 0 Å². The van der Waals surface area contributed by atoms with Crippen molar-refractivity contribution >= 4 is 8.80 Å². The third-order valence-electron chi connectivity index (χ3n) is 4.61. The van der Waals surface area contributed by atoms with Gasteiger partial charge in [0.05, 0.1) is 5.67 Å². The molecule has 2 aliphatic rings. The van der Waals surface area contributed by atoms with Crippen molar-refractivity contribution in [3.05, 3.63) is 0 Å². The van der Waals surface area contributed by atoms with E-state index < -0.39 is 8.80 Å². The summed E-state index contributed by atoms with van der Waals surface area (Å²) < 4.78 is 16.8. The van der Waals surface area contributed by atoms with E-state index in [-0.39, 0.29) is 0 Å². The molecule has 5 heteroatoms. The van der Waals surface area contributed by atoms with Crippen LogP contribution in [0.1, 0.15) is 38.5 Å². The summed E-state index contributed by atoms with van der Waals surface area (Å²) in [7, 11) is 2.70. The second-order valence-electron chi connectivity index (χ2n) is 5.52. The molecule has 0 aromatic heterocycles. The summed E-state index contributed by atoms with van der Waals surface area (Å²) in [6.45, 7) is 2.38. The Morgan fingerprint density at radius 2 is 1.56 bits per heavy atom. The number of rotatable bonds is 6. The number of nitrogens with zero attached hydrogens (tertiary/aromatic N) is 1. The molecule has 2 rings (SSSR count). The molecule has 0 aromatic rings. The highest BCUT2D eigenvalue weighted by molar-refractivity contribution is 6.62. The Kier molecular flexibility index (Phi) is 5.21. The van der Waals surface area contributed by atoms with Crippen molar-refractivity contribution in [3.8, 4) is 0 Å². The quantitative estimate of drug-likeness (QED) is 0.693. The van der Waals surface area contributed by atoms with Crippen molar-refractivity contribution in [2.75, 3.05) is 34.4 Å². The van der Waals surface area contributed by atoms with Gasteiger partial charge in [0.15, 0.2) is 0 Å². The molecule has 0 radical (unpaired) electrons. The van der Waals surface area contributed by atoms with Crippen LogP contribution >= 0.6 is 0 Å². The van der Waals surface area contributed by atoms with E-state index in [4.69, 9.17) is 13.3 Å². The second kappa shape index (κ2) is 6.48. The zero-order valence-electron chi connectivity index (χ0n) is 12.0. The van der Waals surface area contributed by atoms with Crippen molar-refractivity contribution in [1.29, 1.82) is 0 Å². The first-order valence-corrected chi connectivity index (χ1v) is 8.95. The monoisotopic (exact) mass is 273 g/mol. The Labute approximate surface area is 112 Å². The highest BCUT2D eigenvalue weighted by Gasteiger charge is 2.54. The molecule has 2 fully saturated rings. The van der Waals surface area contributed by atoms with E-state index in [1.807, 2.05) is 0 Å². The Hall–Kier alpha value is 0.0569. The first kappa shape index (κ1) is 14.5. The maximum Gasteiger partial charge on any atom is 0.518 e. The predicted octanol–water partition coefficient (Wildman–Crippen LogP) is 2.06. The fourth-order valence-electron chi connectivity index (χ4n) is 3.42. The van der Waals surface area contributed by atoms with Crippen molar-refractivity contribution in [3.63, 3.8) is 0 Å². The van der Waals surface area contributed by atoms with Gasteiger partial charge in [-0.1, -0.05) is 19.3 Å². The Balaban J connectivity index is 1.90. The van der Waals surface area contributed by atoms with Crippen LogP contribution in [-0.4, -0.2) is 53.8 Å². The zero-order chi connectivity index (χ0) is 13.0. The minimum atomic E-state index is -2.46. The molecule has 1 unspecified atom stereocenters. The predicted molar refractivity (Wildman–Crippen MR) is 73.3 cm³/mol. The number of hydrogen-bond acceptors (Lipinski definition) is 4. The molecular weight excluding hydrogens is 246 g/mol. The normalized spacial score (nSPS) is 27.2. The summed E-state index contributed by atoms with van der Waals surface area (Å²) in [5.74, 6) is 0.874. The molecule has 1 aliphatic carbocycles. The van der Waals surface area contributed by atoms with Crippen molar-refractivity contribution in [2.24, 2.45) is 5.92 Å². The van der Waals surface area contributed by atoms with Crippen molar-refractivity contribution in [1.82, 2.24) is 4.90 Å². The van der Waals surface area contributed by atoms with Gasteiger partial charge in [-0.15, -0.1) is 0 Å². The van der Waals surface area contributed by atoms with Gasteiger partial charge < -0.3 is 13.3 Å². The van der Waals surface area contributed by atoms with Crippen LogP contribution in [0.4, 0.5) is 0 Å². The van der Waals surface area contributed by atoms with E-state index in [2.05, 4.69) is 4.90 Å². The standard InChI is InChI=1S/C13H27NO3Si/c1-15-18(16-2,17-3)13-9-10-14(13)11-12-7-5-4-6-8-12/h12-13H,4-11H2,1-3H3. The van der Waals surface area contributed by atoms with Crippen molar-refractivity contribution < 1.29 is 13.3 Å². The summed E-state index contributed by atoms with van der Waals surface area (Å²) >= 11 is 0. The molecule has 0 amide bonds. The molecule has 1 saturated heterocycles. The van der Waals surface area contributed by atoms with Crippen LogP contribution < -0.4 is 0 Å². The van der Waals surface area contributed by atoms with Gasteiger partial charge in [0.2, 0.25) is 0 Å². The largest absolute Gasteiger partial charge is 0.518 e. The third kappa shape index (κ3) is 2.80. The fourth-order valence-corrected chi connectivity index (χ4v) is 5.90. The lowest BCUT2D eigenvalue weighted by molar-refractivity contribution is 0.0210. The van der Waals surface area contributed by atoms with Gasteiger partial charge >= 0.3 is 8.80 Å². The maximum atomic E-state index is 5.61. The van der Waals surface area contributed by atoms with Gasteiger partial charge in [0.1, 0.15) is 0 Å². The minimum absolute atomic E-state index is 0.374. The smallest absolute Gasteiger partial charge is 0.376 e. The lowest BCUT2D eigenvalue weighted by Crippen LogP contribution is -2.68. The van der Waals surface area contributed by atoms with E-state index in [1.165, 1.54) is 45.2 Å². The van der Waals surface area contributed by atoms with Gasteiger partial charge in [-0.25, -0.2) is 0 Å².